The average molecular weight is 335 g/mol. The monoisotopic (exact) mass is 334 g/mol. The number of halogens is 2. The second-order valence-electron chi connectivity index (χ2n) is 4.71. The van der Waals surface area contributed by atoms with E-state index in [4.69, 9.17) is 27.9 Å². The molecule has 0 N–H and O–H groups in total. The molecule has 112 valence electrons. The van der Waals surface area contributed by atoms with Crippen molar-refractivity contribution in [3.05, 3.63) is 58.0 Å². The first kappa shape index (κ1) is 14.8. The van der Waals surface area contributed by atoms with E-state index < -0.39 is 0 Å². The van der Waals surface area contributed by atoms with Gasteiger partial charge in [-0.05, 0) is 32.0 Å². The molecule has 22 heavy (non-hydrogen) atoms. The van der Waals surface area contributed by atoms with Crippen LogP contribution in [0.5, 0.6) is 11.6 Å². The van der Waals surface area contributed by atoms with E-state index in [2.05, 4.69) is 15.1 Å². The number of benzene rings is 1. The van der Waals surface area contributed by atoms with Crippen molar-refractivity contribution in [2.24, 2.45) is 0 Å². The van der Waals surface area contributed by atoms with Crippen LogP contribution < -0.4 is 4.74 Å². The van der Waals surface area contributed by atoms with E-state index >= 15 is 0 Å². The van der Waals surface area contributed by atoms with Crippen LogP contribution in [0.25, 0.3) is 5.95 Å². The minimum absolute atomic E-state index is 0.363. The van der Waals surface area contributed by atoms with Crippen molar-refractivity contribution in [1.29, 1.82) is 0 Å². The number of hydrogen-bond acceptors (Lipinski definition) is 4. The van der Waals surface area contributed by atoms with Crippen molar-refractivity contribution in [3.8, 4) is 17.6 Å². The molecule has 0 aliphatic heterocycles. The third-order valence-corrected chi connectivity index (χ3v) is 3.47. The molecule has 0 fully saturated rings. The van der Waals surface area contributed by atoms with Gasteiger partial charge in [-0.25, -0.2) is 9.67 Å². The van der Waals surface area contributed by atoms with Gasteiger partial charge in [-0.3, -0.25) is 0 Å². The molecule has 0 aliphatic carbocycles. The van der Waals surface area contributed by atoms with Gasteiger partial charge in [0.05, 0.1) is 10.7 Å². The molecular formula is C15H12Cl2N4O. The lowest BCUT2D eigenvalue weighted by Crippen LogP contribution is -2.05. The summed E-state index contributed by atoms with van der Waals surface area (Å²) >= 11 is 12.0. The van der Waals surface area contributed by atoms with Crippen LogP contribution in [0.3, 0.4) is 0 Å². The minimum atomic E-state index is 0.363. The molecule has 0 spiro atoms. The van der Waals surface area contributed by atoms with Crippen molar-refractivity contribution < 1.29 is 4.74 Å². The Morgan fingerprint density at radius 2 is 1.91 bits per heavy atom. The lowest BCUT2D eigenvalue weighted by Gasteiger charge is -2.08. The van der Waals surface area contributed by atoms with E-state index in [-0.39, 0.29) is 0 Å². The SMILES string of the molecule is Cc1cc(C)n(-c2nccc(Oc3cc(Cl)ccc3Cl)n2)n1. The first-order valence-corrected chi connectivity index (χ1v) is 7.28. The van der Waals surface area contributed by atoms with Gasteiger partial charge in [0.2, 0.25) is 5.88 Å². The molecule has 2 heterocycles. The van der Waals surface area contributed by atoms with Gasteiger partial charge in [-0.2, -0.15) is 10.1 Å². The second kappa shape index (κ2) is 5.94. The van der Waals surface area contributed by atoms with E-state index in [1.165, 1.54) is 0 Å². The minimum Gasteiger partial charge on any atom is -0.437 e. The summed E-state index contributed by atoms with van der Waals surface area (Å²) in [6, 6.07) is 8.59. The van der Waals surface area contributed by atoms with Gasteiger partial charge in [0.25, 0.3) is 5.95 Å². The van der Waals surface area contributed by atoms with E-state index in [1.807, 2.05) is 19.9 Å². The molecule has 3 rings (SSSR count). The van der Waals surface area contributed by atoms with Gasteiger partial charge in [-0.15, -0.1) is 0 Å². The highest BCUT2D eigenvalue weighted by Gasteiger charge is 2.10. The maximum atomic E-state index is 6.09. The Kier molecular flexibility index (Phi) is 4.00. The molecule has 2 aromatic heterocycles. The predicted octanol–water partition coefficient (Wildman–Crippen LogP) is 4.38. The van der Waals surface area contributed by atoms with E-state index in [0.29, 0.717) is 27.6 Å². The van der Waals surface area contributed by atoms with Gasteiger partial charge in [0.15, 0.2) is 0 Å². The number of aryl methyl sites for hydroxylation is 2. The molecule has 0 aliphatic rings. The van der Waals surface area contributed by atoms with Crippen LogP contribution in [0, 0.1) is 13.8 Å². The summed E-state index contributed by atoms with van der Waals surface area (Å²) in [6.07, 6.45) is 1.60. The van der Waals surface area contributed by atoms with Crippen LogP contribution in [0.1, 0.15) is 11.4 Å². The van der Waals surface area contributed by atoms with E-state index in [1.54, 1.807) is 35.1 Å². The number of nitrogens with zero attached hydrogens (tertiary/aromatic N) is 4. The molecule has 0 unspecified atom stereocenters. The first-order valence-electron chi connectivity index (χ1n) is 6.52. The third kappa shape index (κ3) is 3.05. The maximum Gasteiger partial charge on any atom is 0.254 e. The smallest absolute Gasteiger partial charge is 0.254 e. The summed E-state index contributed by atoms with van der Waals surface area (Å²) in [5, 5.41) is 5.34. The molecule has 0 saturated carbocycles. The second-order valence-corrected chi connectivity index (χ2v) is 5.55. The van der Waals surface area contributed by atoms with Crippen LogP contribution in [0.15, 0.2) is 36.5 Å². The Morgan fingerprint density at radius 1 is 1.09 bits per heavy atom. The largest absolute Gasteiger partial charge is 0.437 e. The Morgan fingerprint density at radius 3 is 2.64 bits per heavy atom. The fourth-order valence-electron chi connectivity index (χ4n) is 1.99. The number of ether oxygens (including phenoxy) is 1. The van der Waals surface area contributed by atoms with E-state index in [0.717, 1.165) is 11.4 Å². The normalized spacial score (nSPS) is 10.7. The van der Waals surface area contributed by atoms with Crippen molar-refractivity contribution in [3.63, 3.8) is 0 Å². The van der Waals surface area contributed by atoms with Gasteiger partial charge >= 0.3 is 0 Å². The summed E-state index contributed by atoms with van der Waals surface area (Å²) in [5.74, 6) is 1.23. The van der Waals surface area contributed by atoms with Gasteiger partial charge in [0.1, 0.15) is 5.75 Å². The van der Waals surface area contributed by atoms with Crippen LogP contribution >= 0.6 is 23.2 Å². The summed E-state index contributed by atoms with van der Waals surface area (Å²) in [4.78, 5) is 8.56. The fourth-order valence-corrected chi connectivity index (χ4v) is 2.31. The quantitative estimate of drug-likeness (QED) is 0.713. The third-order valence-electron chi connectivity index (χ3n) is 2.92. The van der Waals surface area contributed by atoms with Crippen LogP contribution in [-0.2, 0) is 0 Å². The molecule has 0 bridgehead atoms. The molecule has 7 heteroatoms. The van der Waals surface area contributed by atoms with Crippen molar-refractivity contribution >= 4 is 23.2 Å². The Bertz CT molecular complexity index is 832. The Hall–Kier alpha value is -2.11. The lowest BCUT2D eigenvalue weighted by atomic mass is 10.3. The standard InChI is InChI=1S/C15H12Cl2N4O/c1-9-7-10(2)21(20-9)15-18-6-5-14(19-15)22-13-8-11(16)3-4-12(13)17/h3-8H,1-2H3. The number of aromatic nitrogens is 4. The predicted molar refractivity (Wildman–Crippen MR) is 85.2 cm³/mol. The lowest BCUT2D eigenvalue weighted by molar-refractivity contribution is 0.459. The molecule has 0 amide bonds. The molecule has 5 nitrogen and oxygen atoms in total. The van der Waals surface area contributed by atoms with Crippen molar-refractivity contribution in [1.82, 2.24) is 19.7 Å². The summed E-state index contributed by atoms with van der Waals surface area (Å²) in [6.45, 7) is 3.85. The van der Waals surface area contributed by atoms with Crippen molar-refractivity contribution in [2.75, 3.05) is 0 Å². The number of rotatable bonds is 3. The Labute approximate surface area is 137 Å². The first-order chi connectivity index (χ1) is 10.5. The zero-order chi connectivity index (χ0) is 15.7. The maximum absolute atomic E-state index is 6.09. The average Bonchev–Trinajstić information content (AvgIpc) is 2.82. The zero-order valence-corrected chi connectivity index (χ0v) is 13.4. The van der Waals surface area contributed by atoms with Gasteiger partial charge in [0, 0.05) is 29.0 Å². The highest BCUT2D eigenvalue weighted by Crippen LogP contribution is 2.31. The molecule has 3 aromatic rings. The molecule has 0 saturated heterocycles. The summed E-state index contributed by atoms with van der Waals surface area (Å²) in [5.41, 5.74) is 1.83. The molecular weight excluding hydrogens is 323 g/mol. The molecule has 0 atom stereocenters. The zero-order valence-electron chi connectivity index (χ0n) is 11.9. The molecule has 0 radical (unpaired) electrons. The summed E-state index contributed by atoms with van der Waals surface area (Å²) < 4.78 is 7.34. The van der Waals surface area contributed by atoms with Crippen LogP contribution in [0.4, 0.5) is 0 Å². The van der Waals surface area contributed by atoms with Crippen LogP contribution in [-0.4, -0.2) is 19.7 Å². The van der Waals surface area contributed by atoms with Gasteiger partial charge in [-0.1, -0.05) is 23.2 Å². The highest BCUT2D eigenvalue weighted by atomic mass is 35.5. The summed E-state index contributed by atoms with van der Waals surface area (Å²) in [7, 11) is 0. The topological polar surface area (TPSA) is 52.8 Å². The fraction of sp³-hybridized carbons (Fsp3) is 0.133. The van der Waals surface area contributed by atoms with Crippen molar-refractivity contribution in [2.45, 2.75) is 13.8 Å². The van der Waals surface area contributed by atoms with Crippen LogP contribution in [0.2, 0.25) is 10.0 Å². The highest BCUT2D eigenvalue weighted by molar-refractivity contribution is 6.34. The number of hydrogen-bond donors (Lipinski definition) is 0. The van der Waals surface area contributed by atoms with E-state index in [9.17, 15) is 0 Å². The van der Waals surface area contributed by atoms with Gasteiger partial charge < -0.3 is 4.74 Å². The Balaban J connectivity index is 1.94. The molecule has 1 aromatic carbocycles.